The molecule has 0 unspecified atom stereocenters. The molecule has 2 rings (SSSR count). The molecule has 0 amide bonds. The van der Waals surface area contributed by atoms with E-state index in [0.717, 1.165) is 42.7 Å². The summed E-state index contributed by atoms with van der Waals surface area (Å²) in [4.78, 5) is 4.62. The van der Waals surface area contributed by atoms with E-state index in [1.165, 1.54) is 5.56 Å². The lowest BCUT2D eigenvalue weighted by molar-refractivity contribution is 0.287. The number of hydrogen-bond donors (Lipinski definition) is 2. The van der Waals surface area contributed by atoms with E-state index in [2.05, 4.69) is 39.8 Å². The molecular weight excluding hydrogens is 342 g/mol. The number of guanidine groups is 1. The Morgan fingerprint density at radius 2 is 1.85 bits per heavy atom. The van der Waals surface area contributed by atoms with Gasteiger partial charge in [-0.05, 0) is 51.0 Å². The van der Waals surface area contributed by atoms with Gasteiger partial charge in [0.05, 0.1) is 25.5 Å². The van der Waals surface area contributed by atoms with Crippen molar-refractivity contribution in [1.29, 1.82) is 0 Å². The molecule has 0 radical (unpaired) electrons. The lowest BCUT2D eigenvalue weighted by Crippen LogP contribution is -2.38. The van der Waals surface area contributed by atoms with Crippen molar-refractivity contribution in [3.8, 4) is 11.5 Å². The molecule has 1 aromatic carbocycles. The Bertz CT molecular complexity index is 727. The van der Waals surface area contributed by atoms with Crippen molar-refractivity contribution in [3.05, 3.63) is 41.7 Å². The zero-order valence-electron chi connectivity index (χ0n) is 16.8. The Balaban J connectivity index is 1.93. The lowest BCUT2D eigenvalue weighted by atomic mass is 10.1. The summed E-state index contributed by atoms with van der Waals surface area (Å²) in [5.41, 5.74) is 2.26. The van der Waals surface area contributed by atoms with E-state index < -0.39 is 0 Å². The summed E-state index contributed by atoms with van der Waals surface area (Å²) in [5.74, 6) is 2.39. The van der Waals surface area contributed by atoms with Crippen LogP contribution in [0.3, 0.4) is 0 Å². The number of benzene rings is 1. The molecule has 2 aromatic rings. The highest BCUT2D eigenvalue weighted by Gasteiger charge is 2.07. The normalized spacial score (nSPS) is 11.3. The van der Waals surface area contributed by atoms with Gasteiger partial charge in [0.25, 0.3) is 0 Å². The lowest BCUT2D eigenvalue weighted by Gasteiger charge is -2.14. The molecule has 148 valence electrons. The molecule has 0 aliphatic heterocycles. The van der Waals surface area contributed by atoms with Crippen molar-refractivity contribution in [2.24, 2.45) is 12.0 Å². The van der Waals surface area contributed by atoms with Crippen LogP contribution < -0.4 is 20.1 Å². The first-order valence-corrected chi connectivity index (χ1v) is 9.55. The Hall–Kier alpha value is -2.70. The zero-order chi connectivity index (χ0) is 19.5. The number of nitrogens with one attached hydrogen (secondary N) is 2. The second-order valence-corrected chi connectivity index (χ2v) is 5.97. The van der Waals surface area contributed by atoms with Crippen LogP contribution in [0.25, 0.3) is 0 Å². The Kier molecular flexibility index (Phi) is 8.48. The monoisotopic (exact) mass is 373 g/mol. The van der Waals surface area contributed by atoms with Crippen molar-refractivity contribution in [3.63, 3.8) is 0 Å². The molecule has 0 spiro atoms. The summed E-state index contributed by atoms with van der Waals surface area (Å²) in [6, 6.07) is 8.08. The van der Waals surface area contributed by atoms with E-state index in [4.69, 9.17) is 9.47 Å². The van der Waals surface area contributed by atoms with Gasteiger partial charge in [-0.25, -0.2) is 4.99 Å². The number of hydrogen-bond acceptors (Lipinski definition) is 4. The summed E-state index contributed by atoms with van der Waals surface area (Å²) in [7, 11) is 1.92. The van der Waals surface area contributed by atoms with Gasteiger partial charge in [0.2, 0.25) is 0 Å². The first kappa shape index (κ1) is 20.6. The fourth-order valence-electron chi connectivity index (χ4n) is 2.63. The maximum absolute atomic E-state index is 5.70. The molecule has 0 fully saturated rings. The van der Waals surface area contributed by atoms with Crippen molar-refractivity contribution < 1.29 is 9.47 Å². The van der Waals surface area contributed by atoms with Crippen molar-refractivity contribution in [2.45, 2.75) is 33.7 Å². The Morgan fingerprint density at radius 3 is 2.52 bits per heavy atom. The molecule has 2 N–H and O–H groups in total. The van der Waals surface area contributed by atoms with Gasteiger partial charge in [0.1, 0.15) is 0 Å². The van der Waals surface area contributed by atoms with Gasteiger partial charge in [0, 0.05) is 26.3 Å². The molecule has 27 heavy (non-hydrogen) atoms. The molecule has 0 aliphatic carbocycles. The quantitative estimate of drug-likeness (QED) is 0.495. The van der Waals surface area contributed by atoms with Crippen LogP contribution in [0.1, 0.15) is 32.0 Å². The molecule has 7 heteroatoms. The van der Waals surface area contributed by atoms with Crippen LogP contribution in [0, 0.1) is 0 Å². The van der Waals surface area contributed by atoms with E-state index in [1.54, 1.807) is 6.20 Å². The molecule has 7 nitrogen and oxygen atoms in total. The highest BCUT2D eigenvalue weighted by molar-refractivity contribution is 5.79. The third-order valence-electron chi connectivity index (χ3n) is 3.98. The maximum atomic E-state index is 5.70. The predicted molar refractivity (Wildman–Crippen MR) is 109 cm³/mol. The number of rotatable bonds is 10. The van der Waals surface area contributed by atoms with Crippen LogP contribution in [0.5, 0.6) is 11.5 Å². The van der Waals surface area contributed by atoms with Gasteiger partial charge in [0.15, 0.2) is 17.5 Å². The second kappa shape index (κ2) is 11.1. The van der Waals surface area contributed by atoms with Crippen molar-refractivity contribution >= 4 is 5.96 Å². The Morgan fingerprint density at radius 1 is 1.07 bits per heavy atom. The van der Waals surface area contributed by atoms with Crippen LogP contribution in [0.4, 0.5) is 0 Å². The minimum Gasteiger partial charge on any atom is -0.490 e. The average molecular weight is 374 g/mol. The van der Waals surface area contributed by atoms with E-state index in [0.29, 0.717) is 19.8 Å². The number of aliphatic imine (C=N–C) groups is 1. The standard InChI is InChI=1S/C20H31N5O2/c1-5-21-20(23-15-17-11-13-24-25(17)4)22-12-10-16-8-9-18(26-6-2)19(14-16)27-7-3/h8-9,11,13-14H,5-7,10,12,15H2,1-4H3,(H2,21,22,23). The van der Waals surface area contributed by atoms with Crippen LogP contribution in [0.2, 0.25) is 0 Å². The first-order chi connectivity index (χ1) is 13.2. The molecule has 1 aromatic heterocycles. The second-order valence-electron chi connectivity index (χ2n) is 5.97. The molecule has 1 heterocycles. The van der Waals surface area contributed by atoms with E-state index in [1.807, 2.05) is 37.7 Å². The highest BCUT2D eigenvalue weighted by Crippen LogP contribution is 2.28. The average Bonchev–Trinajstić information content (AvgIpc) is 3.07. The van der Waals surface area contributed by atoms with Crippen molar-refractivity contribution in [2.75, 3.05) is 26.3 Å². The van der Waals surface area contributed by atoms with Crippen LogP contribution in [-0.2, 0) is 20.0 Å². The smallest absolute Gasteiger partial charge is 0.191 e. The molecule has 0 atom stereocenters. The fraction of sp³-hybridized carbons (Fsp3) is 0.500. The first-order valence-electron chi connectivity index (χ1n) is 9.55. The Labute approximate surface area is 161 Å². The van der Waals surface area contributed by atoms with Gasteiger partial charge >= 0.3 is 0 Å². The predicted octanol–water partition coefficient (Wildman–Crippen LogP) is 2.52. The van der Waals surface area contributed by atoms with Gasteiger partial charge in [-0.15, -0.1) is 0 Å². The highest BCUT2D eigenvalue weighted by atomic mass is 16.5. The number of aryl methyl sites for hydroxylation is 1. The summed E-state index contributed by atoms with van der Waals surface area (Å²) in [5, 5.41) is 10.8. The summed E-state index contributed by atoms with van der Waals surface area (Å²) in [6.07, 6.45) is 2.65. The SMILES string of the molecule is CCNC(=NCc1ccnn1C)NCCc1ccc(OCC)c(OCC)c1. The maximum Gasteiger partial charge on any atom is 0.191 e. The largest absolute Gasteiger partial charge is 0.490 e. The molecule has 0 saturated heterocycles. The third kappa shape index (κ3) is 6.51. The van der Waals surface area contributed by atoms with E-state index in [9.17, 15) is 0 Å². The van der Waals surface area contributed by atoms with Gasteiger partial charge in [-0.1, -0.05) is 6.07 Å². The third-order valence-corrected chi connectivity index (χ3v) is 3.98. The summed E-state index contributed by atoms with van der Waals surface area (Å²) in [6.45, 7) is 9.43. The van der Waals surface area contributed by atoms with Gasteiger partial charge in [-0.3, -0.25) is 4.68 Å². The molecule has 0 aliphatic rings. The van der Waals surface area contributed by atoms with Crippen LogP contribution in [-0.4, -0.2) is 42.0 Å². The minimum absolute atomic E-state index is 0.587. The van der Waals surface area contributed by atoms with Crippen LogP contribution >= 0.6 is 0 Å². The summed E-state index contributed by atoms with van der Waals surface area (Å²) < 4.78 is 13.2. The number of aromatic nitrogens is 2. The summed E-state index contributed by atoms with van der Waals surface area (Å²) >= 11 is 0. The molecular formula is C20H31N5O2. The minimum atomic E-state index is 0.587. The molecule has 0 saturated carbocycles. The van der Waals surface area contributed by atoms with E-state index in [-0.39, 0.29) is 0 Å². The van der Waals surface area contributed by atoms with Gasteiger partial charge < -0.3 is 20.1 Å². The van der Waals surface area contributed by atoms with Crippen LogP contribution in [0.15, 0.2) is 35.5 Å². The fourth-order valence-corrected chi connectivity index (χ4v) is 2.63. The zero-order valence-corrected chi connectivity index (χ0v) is 16.8. The topological polar surface area (TPSA) is 72.7 Å². The number of ether oxygens (including phenoxy) is 2. The number of nitrogens with zero attached hydrogens (tertiary/aromatic N) is 3. The van der Waals surface area contributed by atoms with E-state index >= 15 is 0 Å². The van der Waals surface area contributed by atoms with Gasteiger partial charge in [-0.2, -0.15) is 5.10 Å². The van der Waals surface area contributed by atoms with Crippen molar-refractivity contribution in [1.82, 2.24) is 20.4 Å². The molecule has 0 bridgehead atoms.